The van der Waals surface area contributed by atoms with Gasteiger partial charge in [-0.2, -0.15) is 0 Å². The summed E-state index contributed by atoms with van der Waals surface area (Å²) in [4.78, 5) is 21.6. The van der Waals surface area contributed by atoms with Gasteiger partial charge in [-0.1, -0.05) is 17.8 Å². The van der Waals surface area contributed by atoms with Crippen LogP contribution in [0, 0.1) is 0 Å². The van der Waals surface area contributed by atoms with Gasteiger partial charge in [-0.25, -0.2) is 0 Å². The molecule has 1 aromatic heterocycles. The fraction of sp³-hybridized carbons (Fsp3) is 0.167. The number of nitrogens with one attached hydrogen (secondary N) is 1. The number of benzene rings is 1. The minimum Gasteiger partial charge on any atom is -0.481 e. The highest BCUT2D eigenvalue weighted by atomic mass is 32.2. The monoisotopic (exact) mass is 292 g/mol. The summed E-state index contributed by atoms with van der Waals surface area (Å²) in [7, 11) is 0. The van der Waals surface area contributed by atoms with Crippen LogP contribution in [0.5, 0.6) is 0 Å². The number of amides is 1. The number of anilines is 1. The lowest BCUT2D eigenvalue weighted by Gasteiger charge is -2.08. The van der Waals surface area contributed by atoms with Crippen molar-refractivity contribution in [2.75, 3.05) is 11.1 Å². The molecule has 0 saturated carbocycles. The van der Waals surface area contributed by atoms with Crippen molar-refractivity contribution in [1.82, 2.24) is 14.8 Å². The highest BCUT2D eigenvalue weighted by Gasteiger charge is 2.09. The lowest BCUT2D eigenvalue weighted by atomic mass is 10.2. The topological polar surface area (TPSA) is 97.1 Å². The number of nitrogens with zero attached hydrogens (tertiary/aromatic N) is 3. The number of thioether (sulfide) groups is 1. The predicted molar refractivity (Wildman–Crippen MR) is 74.0 cm³/mol. The summed E-state index contributed by atoms with van der Waals surface area (Å²) in [5, 5.41) is 19.5. The van der Waals surface area contributed by atoms with Gasteiger partial charge in [0.2, 0.25) is 5.91 Å². The molecule has 0 spiro atoms. The molecule has 0 aliphatic heterocycles. The van der Waals surface area contributed by atoms with E-state index in [0.29, 0.717) is 10.8 Å². The number of hydrogen-bond donors (Lipinski definition) is 2. The predicted octanol–water partition coefficient (Wildman–Crippen LogP) is 1.40. The highest BCUT2D eigenvalue weighted by molar-refractivity contribution is 7.99. The Balaban J connectivity index is 2.25. The standard InChI is InChI=1S/C12H12N4O3S/c1-8(17)14-9-3-2-4-10(5-9)16-7-13-15-12(16)20-6-11(18)19/h2-5,7H,6H2,1H3,(H,14,17)(H,18,19). The van der Waals surface area contributed by atoms with Crippen LogP contribution >= 0.6 is 11.8 Å². The Kier molecular flexibility index (Phi) is 4.36. The third-order valence-electron chi connectivity index (χ3n) is 2.29. The van der Waals surface area contributed by atoms with E-state index in [1.807, 2.05) is 6.07 Å². The lowest BCUT2D eigenvalue weighted by Crippen LogP contribution is -2.06. The van der Waals surface area contributed by atoms with Crippen molar-refractivity contribution in [3.05, 3.63) is 30.6 Å². The average Bonchev–Trinajstić information content (AvgIpc) is 2.84. The van der Waals surface area contributed by atoms with Crippen LogP contribution in [-0.2, 0) is 9.59 Å². The van der Waals surface area contributed by atoms with E-state index in [-0.39, 0.29) is 11.7 Å². The van der Waals surface area contributed by atoms with E-state index in [4.69, 9.17) is 5.11 Å². The summed E-state index contributed by atoms with van der Waals surface area (Å²) in [5.41, 5.74) is 1.40. The first-order valence-corrected chi connectivity index (χ1v) is 6.67. The number of aromatic nitrogens is 3. The van der Waals surface area contributed by atoms with Crippen molar-refractivity contribution < 1.29 is 14.7 Å². The quantitative estimate of drug-likeness (QED) is 0.809. The molecule has 0 unspecified atom stereocenters. The summed E-state index contributed by atoms with van der Waals surface area (Å²) >= 11 is 1.08. The summed E-state index contributed by atoms with van der Waals surface area (Å²) in [6.07, 6.45) is 1.50. The first-order chi connectivity index (χ1) is 9.56. The van der Waals surface area contributed by atoms with Gasteiger partial charge in [0.25, 0.3) is 0 Å². The molecular weight excluding hydrogens is 280 g/mol. The molecule has 7 nitrogen and oxygen atoms in total. The zero-order chi connectivity index (χ0) is 14.5. The van der Waals surface area contributed by atoms with Crippen molar-refractivity contribution in [2.24, 2.45) is 0 Å². The second kappa shape index (κ2) is 6.20. The van der Waals surface area contributed by atoms with E-state index in [1.54, 1.807) is 22.8 Å². The van der Waals surface area contributed by atoms with Crippen LogP contribution in [0.15, 0.2) is 35.7 Å². The van der Waals surface area contributed by atoms with Crippen molar-refractivity contribution in [1.29, 1.82) is 0 Å². The Morgan fingerprint density at radius 2 is 2.25 bits per heavy atom. The fourth-order valence-electron chi connectivity index (χ4n) is 1.56. The highest BCUT2D eigenvalue weighted by Crippen LogP contribution is 2.21. The van der Waals surface area contributed by atoms with Gasteiger partial charge in [-0.05, 0) is 18.2 Å². The van der Waals surface area contributed by atoms with Gasteiger partial charge in [0.15, 0.2) is 5.16 Å². The number of aliphatic carboxylic acids is 1. The van der Waals surface area contributed by atoms with Crippen molar-refractivity contribution in [2.45, 2.75) is 12.1 Å². The van der Waals surface area contributed by atoms with E-state index in [9.17, 15) is 9.59 Å². The Morgan fingerprint density at radius 3 is 2.95 bits per heavy atom. The Hall–Kier alpha value is -2.35. The minimum atomic E-state index is -0.920. The van der Waals surface area contributed by atoms with Crippen molar-refractivity contribution in [3.63, 3.8) is 0 Å². The number of carboxylic acid groups (broad SMARTS) is 1. The summed E-state index contributed by atoms with van der Waals surface area (Å²) in [6, 6.07) is 7.13. The Morgan fingerprint density at radius 1 is 1.45 bits per heavy atom. The minimum absolute atomic E-state index is 0.0932. The van der Waals surface area contributed by atoms with Gasteiger partial charge < -0.3 is 10.4 Å². The van der Waals surface area contributed by atoms with E-state index < -0.39 is 5.97 Å². The second-order valence-electron chi connectivity index (χ2n) is 3.90. The number of carbonyl (C=O) groups is 2. The van der Waals surface area contributed by atoms with Crippen LogP contribution in [0.2, 0.25) is 0 Å². The summed E-state index contributed by atoms with van der Waals surface area (Å²) in [5.74, 6) is -1.17. The average molecular weight is 292 g/mol. The molecule has 2 rings (SSSR count). The molecule has 104 valence electrons. The van der Waals surface area contributed by atoms with Gasteiger partial charge >= 0.3 is 5.97 Å². The zero-order valence-electron chi connectivity index (χ0n) is 10.6. The molecule has 0 radical (unpaired) electrons. The van der Waals surface area contributed by atoms with Gasteiger partial charge in [-0.15, -0.1) is 10.2 Å². The van der Waals surface area contributed by atoms with Crippen LogP contribution in [0.1, 0.15) is 6.92 Å². The van der Waals surface area contributed by atoms with Gasteiger partial charge in [0, 0.05) is 12.6 Å². The fourth-order valence-corrected chi connectivity index (χ4v) is 2.21. The van der Waals surface area contributed by atoms with Crippen LogP contribution in [0.4, 0.5) is 5.69 Å². The van der Waals surface area contributed by atoms with Crippen molar-refractivity contribution >= 4 is 29.3 Å². The SMILES string of the molecule is CC(=O)Nc1cccc(-n2cnnc2SCC(=O)O)c1. The van der Waals surface area contributed by atoms with Crippen LogP contribution in [-0.4, -0.2) is 37.5 Å². The van der Waals surface area contributed by atoms with Gasteiger partial charge in [-0.3, -0.25) is 14.2 Å². The maximum atomic E-state index is 11.0. The number of rotatable bonds is 5. The molecule has 2 aromatic rings. The van der Waals surface area contributed by atoms with E-state index in [0.717, 1.165) is 17.4 Å². The molecule has 0 fully saturated rings. The third-order valence-corrected chi connectivity index (χ3v) is 3.21. The van der Waals surface area contributed by atoms with Gasteiger partial charge in [0.05, 0.1) is 11.4 Å². The van der Waals surface area contributed by atoms with E-state index in [1.165, 1.54) is 13.3 Å². The molecule has 2 N–H and O–H groups in total. The second-order valence-corrected chi connectivity index (χ2v) is 4.84. The molecule has 8 heteroatoms. The molecule has 0 saturated heterocycles. The van der Waals surface area contributed by atoms with Crippen LogP contribution < -0.4 is 5.32 Å². The first-order valence-electron chi connectivity index (χ1n) is 5.69. The molecule has 20 heavy (non-hydrogen) atoms. The lowest BCUT2D eigenvalue weighted by molar-refractivity contribution is -0.133. The van der Waals surface area contributed by atoms with E-state index in [2.05, 4.69) is 15.5 Å². The van der Waals surface area contributed by atoms with E-state index >= 15 is 0 Å². The number of hydrogen-bond acceptors (Lipinski definition) is 5. The first kappa shape index (κ1) is 14.1. The molecule has 1 amide bonds. The molecular formula is C12H12N4O3S. The Bertz CT molecular complexity index is 641. The zero-order valence-corrected chi connectivity index (χ0v) is 11.4. The molecule has 0 atom stereocenters. The number of carbonyl (C=O) groups excluding carboxylic acids is 1. The third kappa shape index (κ3) is 3.58. The maximum absolute atomic E-state index is 11.0. The smallest absolute Gasteiger partial charge is 0.313 e. The van der Waals surface area contributed by atoms with Crippen LogP contribution in [0.3, 0.4) is 0 Å². The summed E-state index contributed by atoms with van der Waals surface area (Å²) < 4.78 is 1.67. The molecule has 0 aliphatic carbocycles. The molecule has 0 bridgehead atoms. The normalized spacial score (nSPS) is 10.2. The Labute approximate surface area is 119 Å². The molecule has 1 heterocycles. The number of carboxylic acids is 1. The largest absolute Gasteiger partial charge is 0.481 e. The maximum Gasteiger partial charge on any atom is 0.313 e. The molecule has 1 aromatic carbocycles. The summed E-state index contributed by atoms with van der Waals surface area (Å²) in [6.45, 7) is 1.43. The van der Waals surface area contributed by atoms with Crippen LogP contribution in [0.25, 0.3) is 5.69 Å². The molecule has 0 aliphatic rings. The van der Waals surface area contributed by atoms with Crippen molar-refractivity contribution in [3.8, 4) is 5.69 Å². The van der Waals surface area contributed by atoms with Gasteiger partial charge in [0.1, 0.15) is 6.33 Å².